The average Bonchev–Trinajstić information content (AvgIpc) is 2.76. The van der Waals surface area contributed by atoms with Crippen LogP contribution in [-0.2, 0) is 0 Å². The van der Waals surface area contributed by atoms with Crippen molar-refractivity contribution in [3.05, 3.63) is 49.5 Å². The van der Waals surface area contributed by atoms with Gasteiger partial charge in [0.05, 0.1) is 11.6 Å². The van der Waals surface area contributed by atoms with Gasteiger partial charge in [-0.1, -0.05) is 12.1 Å². The fourth-order valence-electron chi connectivity index (χ4n) is 1.55. The molecule has 94 valence electrons. The van der Waals surface area contributed by atoms with Crippen LogP contribution in [0, 0.1) is 10.5 Å². The first-order valence-electron chi connectivity index (χ1n) is 5.55. The van der Waals surface area contributed by atoms with E-state index < -0.39 is 0 Å². The van der Waals surface area contributed by atoms with Gasteiger partial charge in [0.2, 0.25) is 0 Å². The Morgan fingerprint density at radius 1 is 1.44 bits per heavy atom. The smallest absolute Gasteiger partial charge is 0.252 e. The molecule has 3 nitrogen and oxygen atoms in total. The van der Waals surface area contributed by atoms with Crippen molar-refractivity contribution in [1.82, 2.24) is 10.3 Å². The van der Waals surface area contributed by atoms with Crippen LogP contribution < -0.4 is 5.32 Å². The van der Waals surface area contributed by atoms with Crippen molar-refractivity contribution in [2.75, 3.05) is 0 Å². The van der Waals surface area contributed by atoms with Gasteiger partial charge in [-0.25, -0.2) is 4.98 Å². The summed E-state index contributed by atoms with van der Waals surface area (Å²) >= 11 is 3.78. The summed E-state index contributed by atoms with van der Waals surface area (Å²) in [6.45, 7) is 3.96. The van der Waals surface area contributed by atoms with E-state index in [9.17, 15) is 4.79 Å². The van der Waals surface area contributed by atoms with Crippen LogP contribution in [-0.4, -0.2) is 10.9 Å². The number of amides is 1. The Hall–Kier alpha value is -0.950. The summed E-state index contributed by atoms with van der Waals surface area (Å²) in [6.07, 6.45) is 1.83. The molecule has 1 unspecified atom stereocenters. The van der Waals surface area contributed by atoms with Crippen LogP contribution in [0.25, 0.3) is 0 Å². The minimum absolute atomic E-state index is 0.0552. The van der Waals surface area contributed by atoms with Crippen molar-refractivity contribution in [1.29, 1.82) is 0 Å². The highest BCUT2D eigenvalue weighted by atomic mass is 127. The van der Waals surface area contributed by atoms with E-state index in [2.05, 4.69) is 32.9 Å². The molecule has 0 radical (unpaired) electrons. The molecule has 0 aliphatic rings. The zero-order valence-electron chi connectivity index (χ0n) is 10.1. The summed E-state index contributed by atoms with van der Waals surface area (Å²) in [4.78, 5) is 17.6. The van der Waals surface area contributed by atoms with Crippen molar-refractivity contribution in [2.24, 2.45) is 0 Å². The maximum absolute atomic E-state index is 12.1. The number of halogens is 1. The standard InChI is InChI=1S/C13H13IN2OS/c1-8-7-15-13(18-8)9(2)16-12(17)10-5-3-4-6-11(10)14/h3-7,9H,1-2H3,(H,16,17). The number of hydrogen-bond donors (Lipinski definition) is 1. The second kappa shape index (κ2) is 5.79. The monoisotopic (exact) mass is 372 g/mol. The van der Waals surface area contributed by atoms with E-state index in [1.165, 1.54) is 0 Å². The normalized spacial score (nSPS) is 12.2. The number of thiazole rings is 1. The van der Waals surface area contributed by atoms with E-state index in [1.807, 2.05) is 44.3 Å². The topological polar surface area (TPSA) is 42.0 Å². The molecule has 0 fully saturated rings. The molecule has 18 heavy (non-hydrogen) atoms. The first-order valence-corrected chi connectivity index (χ1v) is 7.45. The first kappa shape index (κ1) is 13.5. The van der Waals surface area contributed by atoms with Crippen LogP contribution in [0.5, 0.6) is 0 Å². The minimum atomic E-state index is -0.0628. The lowest BCUT2D eigenvalue weighted by Gasteiger charge is -2.12. The van der Waals surface area contributed by atoms with E-state index in [4.69, 9.17) is 0 Å². The number of carbonyl (C=O) groups is 1. The number of rotatable bonds is 3. The Balaban J connectivity index is 2.10. The molecule has 1 heterocycles. The summed E-state index contributed by atoms with van der Waals surface area (Å²) in [6, 6.07) is 7.48. The van der Waals surface area contributed by atoms with Gasteiger partial charge in [-0.15, -0.1) is 11.3 Å². The Bertz CT molecular complexity index is 568. The third kappa shape index (κ3) is 3.08. The van der Waals surface area contributed by atoms with Gasteiger partial charge >= 0.3 is 0 Å². The number of aryl methyl sites for hydroxylation is 1. The lowest BCUT2D eigenvalue weighted by atomic mass is 10.2. The molecule has 5 heteroatoms. The van der Waals surface area contributed by atoms with Crippen LogP contribution in [0.3, 0.4) is 0 Å². The maximum atomic E-state index is 12.1. The molecular weight excluding hydrogens is 359 g/mol. The molecule has 0 aliphatic carbocycles. The van der Waals surface area contributed by atoms with Gasteiger partial charge in [-0.2, -0.15) is 0 Å². The van der Waals surface area contributed by atoms with E-state index in [1.54, 1.807) is 11.3 Å². The molecule has 0 saturated heterocycles. The predicted molar refractivity (Wildman–Crippen MR) is 81.9 cm³/mol. The SMILES string of the molecule is Cc1cnc(C(C)NC(=O)c2ccccc2I)s1. The summed E-state index contributed by atoms with van der Waals surface area (Å²) < 4.78 is 0.954. The van der Waals surface area contributed by atoms with Gasteiger partial charge in [-0.3, -0.25) is 4.79 Å². The molecule has 0 bridgehead atoms. The van der Waals surface area contributed by atoms with E-state index >= 15 is 0 Å². The zero-order valence-corrected chi connectivity index (χ0v) is 13.1. The third-order valence-corrected chi connectivity index (χ3v) is 4.51. The van der Waals surface area contributed by atoms with E-state index in [-0.39, 0.29) is 11.9 Å². The van der Waals surface area contributed by atoms with Crippen molar-refractivity contribution >= 4 is 39.8 Å². The average molecular weight is 372 g/mol. The number of nitrogens with zero attached hydrogens (tertiary/aromatic N) is 1. The van der Waals surface area contributed by atoms with Crippen LogP contribution in [0.15, 0.2) is 30.5 Å². The van der Waals surface area contributed by atoms with Gasteiger partial charge < -0.3 is 5.32 Å². The number of benzene rings is 1. The second-order valence-electron chi connectivity index (χ2n) is 3.98. The van der Waals surface area contributed by atoms with Crippen LogP contribution in [0.1, 0.15) is 33.2 Å². The Kier molecular flexibility index (Phi) is 4.34. The molecule has 1 atom stereocenters. The van der Waals surface area contributed by atoms with Gasteiger partial charge in [0.15, 0.2) is 0 Å². The van der Waals surface area contributed by atoms with Gasteiger partial charge in [0.1, 0.15) is 5.01 Å². The third-order valence-electron chi connectivity index (χ3n) is 2.48. The van der Waals surface area contributed by atoms with Crippen LogP contribution in [0.4, 0.5) is 0 Å². The fourth-order valence-corrected chi connectivity index (χ4v) is 2.96. The maximum Gasteiger partial charge on any atom is 0.252 e. The van der Waals surface area contributed by atoms with Crippen LogP contribution in [0.2, 0.25) is 0 Å². The number of nitrogens with one attached hydrogen (secondary N) is 1. The van der Waals surface area contributed by atoms with Gasteiger partial charge in [-0.05, 0) is 48.6 Å². The summed E-state index contributed by atoms with van der Waals surface area (Å²) in [5.74, 6) is -0.0552. The Labute approximate surface area is 124 Å². The summed E-state index contributed by atoms with van der Waals surface area (Å²) in [5, 5.41) is 3.91. The molecule has 1 aromatic carbocycles. The van der Waals surface area contributed by atoms with Gasteiger partial charge in [0.25, 0.3) is 5.91 Å². The lowest BCUT2D eigenvalue weighted by molar-refractivity contribution is 0.0939. The number of carbonyl (C=O) groups excluding carboxylic acids is 1. The largest absolute Gasteiger partial charge is 0.343 e. The molecule has 2 aromatic rings. The molecule has 1 amide bonds. The Morgan fingerprint density at radius 2 is 2.17 bits per heavy atom. The fraction of sp³-hybridized carbons (Fsp3) is 0.231. The molecule has 0 saturated carbocycles. The predicted octanol–water partition coefficient (Wildman–Crippen LogP) is 3.55. The zero-order chi connectivity index (χ0) is 13.1. The molecule has 0 spiro atoms. The molecule has 1 aromatic heterocycles. The molecule has 1 N–H and O–H groups in total. The highest BCUT2D eigenvalue weighted by molar-refractivity contribution is 14.1. The lowest BCUT2D eigenvalue weighted by Crippen LogP contribution is -2.27. The Morgan fingerprint density at radius 3 is 2.78 bits per heavy atom. The van der Waals surface area contributed by atoms with Crippen molar-refractivity contribution in [3.63, 3.8) is 0 Å². The van der Waals surface area contributed by atoms with E-state index in [0.717, 1.165) is 13.5 Å². The minimum Gasteiger partial charge on any atom is -0.343 e. The van der Waals surface area contributed by atoms with Crippen molar-refractivity contribution < 1.29 is 4.79 Å². The quantitative estimate of drug-likeness (QED) is 0.838. The summed E-state index contributed by atoms with van der Waals surface area (Å²) in [7, 11) is 0. The summed E-state index contributed by atoms with van der Waals surface area (Å²) in [5.41, 5.74) is 0.707. The molecule has 2 rings (SSSR count). The van der Waals surface area contributed by atoms with Crippen molar-refractivity contribution in [3.8, 4) is 0 Å². The molecular formula is C13H13IN2OS. The first-order chi connectivity index (χ1) is 8.58. The molecule has 0 aliphatic heterocycles. The number of hydrogen-bond acceptors (Lipinski definition) is 3. The van der Waals surface area contributed by atoms with Crippen molar-refractivity contribution in [2.45, 2.75) is 19.9 Å². The number of aromatic nitrogens is 1. The highest BCUT2D eigenvalue weighted by Crippen LogP contribution is 2.20. The van der Waals surface area contributed by atoms with Crippen LogP contribution >= 0.6 is 33.9 Å². The van der Waals surface area contributed by atoms with Gasteiger partial charge in [0, 0.05) is 14.6 Å². The van der Waals surface area contributed by atoms with E-state index in [0.29, 0.717) is 5.56 Å². The second-order valence-corrected chi connectivity index (χ2v) is 6.41. The highest BCUT2D eigenvalue weighted by Gasteiger charge is 2.15.